The Bertz CT molecular complexity index is 280. The second-order valence-corrected chi connectivity index (χ2v) is 3.62. The highest BCUT2D eigenvalue weighted by Crippen LogP contribution is 2.14. The van der Waals surface area contributed by atoms with Crippen LogP contribution in [0.3, 0.4) is 0 Å². The first-order chi connectivity index (χ1) is 6.84. The fourth-order valence-electron chi connectivity index (χ4n) is 1.60. The van der Waals surface area contributed by atoms with Gasteiger partial charge >= 0.3 is 0 Å². The van der Waals surface area contributed by atoms with Gasteiger partial charge in [-0.05, 0) is 37.2 Å². The van der Waals surface area contributed by atoms with Gasteiger partial charge in [-0.3, -0.25) is 0 Å². The lowest BCUT2D eigenvalue weighted by Crippen LogP contribution is -2.15. The van der Waals surface area contributed by atoms with Crippen molar-refractivity contribution in [3.8, 4) is 5.75 Å². The first-order valence-corrected chi connectivity index (χ1v) is 4.94. The van der Waals surface area contributed by atoms with Crippen LogP contribution in [-0.2, 0) is 0 Å². The monoisotopic (exact) mass is 195 g/mol. The van der Waals surface area contributed by atoms with Gasteiger partial charge in [0.2, 0.25) is 0 Å². The Morgan fingerprint density at radius 1 is 1.36 bits per heavy atom. The first-order valence-electron chi connectivity index (χ1n) is 4.94. The summed E-state index contributed by atoms with van der Waals surface area (Å²) in [6.07, 6.45) is 1.17. The molecule has 3 heteroatoms. The van der Waals surface area contributed by atoms with E-state index >= 15 is 0 Å². The average Bonchev–Trinajstić information content (AvgIpc) is 2.70. The molecular formula is C11H14FNO. The fourth-order valence-corrected chi connectivity index (χ4v) is 1.60. The van der Waals surface area contributed by atoms with Gasteiger partial charge in [0, 0.05) is 12.5 Å². The summed E-state index contributed by atoms with van der Waals surface area (Å²) in [5.74, 6) is 1.12. The predicted molar refractivity (Wildman–Crippen MR) is 52.9 cm³/mol. The van der Waals surface area contributed by atoms with Crippen molar-refractivity contribution in [3.05, 3.63) is 30.1 Å². The van der Waals surface area contributed by atoms with Crippen molar-refractivity contribution in [1.82, 2.24) is 5.32 Å². The molecule has 0 spiro atoms. The van der Waals surface area contributed by atoms with E-state index < -0.39 is 0 Å². The third kappa shape index (κ3) is 2.45. The van der Waals surface area contributed by atoms with Crippen LogP contribution in [0.25, 0.3) is 0 Å². The van der Waals surface area contributed by atoms with E-state index in [9.17, 15) is 4.39 Å². The minimum Gasteiger partial charge on any atom is -0.493 e. The highest BCUT2D eigenvalue weighted by atomic mass is 19.1. The number of ether oxygens (including phenoxy) is 1. The van der Waals surface area contributed by atoms with Crippen molar-refractivity contribution in [1.29, 1.82) is 0 Å². The van der Waals surface area contributed by atoms with Gasteiger partial charge in [-0.1, -0.05) is 0 Å². The quantitative estimate of drug-likeness (QED) is 0.794. The molecule has 1 aromatic carbocycles. The summed E-state index contributed by atoms with van der Waals surface area (Å²) in [7, 11) is 0. The number of halogens is 1. The fraction of sp³-hybridized carbons (Fsp3) is 0.455. The Kier molecular flexibility index (Phi) is 2.99. The van der Waals surface area contributed by atoms with E-state index in [0.717, 1.165) is 25.4 Å². The van der Waals surface area contributed by atoms with Crippen molar-refractivity contribution < 1.29 is 9.13 Å². The van der Waals surface area contributed by atoms with E-state index in [2.05, 4.69) is 5.32 Å². The Hall–Kier alpha value is -1.09. The van der Waals surface area contributed by atoms with Crippen LogP contribution in [0.5, 0.6) is 5.75 Å². The van der Waals surface area contributed by atoms with Gasteiger partial charge in [0.15, 0.2) is 0 Å². The second-order valence-electron chi connectivity index (χ2n) is 3.62. The SMILES string of the molecule is Fc1ccc(OCC2CCNC2)cc1. The van der Waals surface area contributed by atoms with Gasteiger partial charge in [-0.15, -0.1) is 0 Å². The molecule has 1 saturated heterocycles. The van der Waals surface area contributed by atoms with Gasteiger partial charge in [-0.25, -0.2) is 4.39 Å². The van der Waals surface area contributed by atoms with E-state index in [0.29, 0.717) is 5.92 Å². The number of hydrogen-bond acceptors (Lipinski definition) is 2. The molecule has 1 N–H and O–H groups in total. The zero-order valence-corrected chi connectivity index (χ0v) is 8.00. The van der Waals surface area contributed by atoms with E-state index in [1.54, 1.807) is 12.1 Å². The van der Waals surface area contributed by atoms with Gasteiger partial charge in [-0.2, -0.15) is 0 Å². The van der Waals surface area contributed by atoms with E-state index in [1.807, 2.05) is 0 Å². The van der Waals surface area contributed by atoms with E-state index in [4.69, 9.17) is 4.74 Å². The van der Waals surface area contributed by atoms with Gasteiger partial charge in [0.1, 0.15) is 11.6 Å². The number of rotatable bonds is 3. The molecule has 2 nitrogen and oxygen atoms in total. The molecule has 2 rings (SSSR count). The summed E-state index contributed by atoms with van der Waals surface area (Å²) < 4.78 is 18.1. The van der Waals surface area contributed by atoms with Gasteiger partial charge in [0.25, 0.3) is 0 Å². The number of hydrogen-bond donors (Lipinski definition) is 1. The van der Waals surface area contributed by atoms with Crippen LogP contribution in [0.15, 0.2) is 24.3 Å². The summed E-state index contributed by atoms with van der Waals surface area (Å²) >= 11 is 0. The normalized spacial score (nSPS) is 21.1. The summed E-state index contributed by atoms with van der Waals surface area (Å²) in [4.78, 5) is 0. The summed E-state index contributed by atoms with van der Waals surface area (Å²) in [5, 5.41) is 3.28. The average molecular weight is 195 g/mol. The molecule has 0 bridgehead atoms. The zero-order chi connectivity index (χ0) is 9.80. The van der Waals surface area contributed by atoms with Crippen molar-refractivity contribution in [3.63, 3.8) is 0 Å². The molecule has 1 aliphatic rings. The molecule has 1 fully saturated rings. The van der Waals surface area contributed by atoms with Crippen LogP contribution >= 0.6 is 0 Å². The molecular weight excluding hydrogens is 181 g/mol. The van der Waals surface area contributed by atoms with Crippen LogP contribution in [-0.4, -0.2) is 19.7 Å². The minimum absolute atomic E-state index is 0.222. The van der Waals surface area contributed by atoms with Crippen LogP contribution in [0.2, 0.25) is 0 Å². The summed E-state index contributed by atoms with van der Waals surface area (Å²) in [6.45, 7) is 2.83. The van der Waals surface area contributed by atoms with Gasteiger partial charge < -0.3 is 10.1 Å². The van der Waals surface area contributed by atoms with E-state index in [1.165, 1.54) is 18.6 Å². The van der Waals surface area contributed by atoms with Crippen LogP contribution in [0.1, 0.15) is 6.42 Å². The van der Waals surface area contributed by atoms with Gasteiger partial charge in [0.05, 0.1) is 6.61 Å². The molecule has 0 aliphatic carbocycles. The maximum atomic E-state index is 12.6. The number of benzene rings is 1. The lowest BCUT2D eigenvalue weighted by molar-refractivity contribution is 0.260. The highest BCUT2D eigenvalue weighted by molar-refractivity contribution is 5.22. The molecule has 76 valence electrons. The second kappa shape index (κ2) is 4.42. The molecule has 1 unspecified atom stereocenters. The van der Waals surface area contributed by atoms with Crippen molar-refractivity contribution in [2.75, 3.05) is 19.7 Å². The Balaban J connectivity index is 1.82. The topological polar surface area (TPSA) is 21.3 Å². The maximum absolute atomic E-state index is 12.6. The summed E-state index contributed by atoms with van der Waals surface area (Å²) in [5.41, 5.74) is 0. The van der Waals surface area contributed by atoms with Crippen LogP contribution in [0.4, 0.5) is 4.39 Å². The lowest BCUT2D eigenvalue weighted by atomic mass is 10.1. The van der Waals surface area contributed by atoms with Crippen LogP contribution < -0.4 is 10.1 Å². The first kappa shape index (κ1) is 9.46. The molecule has 14 heavy (non-hydrogen) atoms. The third-order valence-electron chi connectivity index (χ3n) is 2.46. The largest absolute Gasteiger partial charge is 0.493 e. The molecule has 1 aliphatic heterocycles. The molecule has 0 saturated carbocycles. The smallest absolute Gasteiger partial charge is 0.123 e. The lowest BCUT2D eigenvalue weighted by Gasteiger charge is -2.10. The zero-order valence-electron chi connectivity index (χ0n) is 8.00. The van der Waals surface area contributed by atoms with E-state index in [-0.39, 0.29) is 5.82 Å². The number of nitrogens with one attached hydrogen (secondary N) is 1. The standard InChI is InChI=1S/C11H14FNO/c12-10-1-3-11(4-2-10)14-8-9-5-6-13-7-9/h1-4,9,13H,5-8H2. The Morgan fingerprint density at radius 3 is 2.79 bits per heavy atom. The molecule has 0 aromatic heterocycles. The predicted octanol–water partition coefficient (Wildman–Crippen LogP) is 1.81. The maximum Gasteiger partial charge on any atom is 0.123 e. The minimum atomic E-state index is -0.222. The van der Waals surface area contributed by atoms with Crippen LogP contribution in [0, 0.1) is 11.7 Å². The molecule has 0 amide bonds. The third-order valence-corrected chi connectivity index (χ3v) is 2.46. The molecule has 0 radical (unpaired) electrons. The van der Waals surface area contributed by atoms with Crippen molar-refractivity contribution in [2.45, 2.75) is 6.42 Å². The molecule has 1 aromatic rings. The molecule has 1 atom stereocenters. The Labute approximate surface area is 83.1 Å². The van der Waals surface area contributed by atoms with Crippen molar-refractivity contribution >= 4 is 0 Å². The molecule has 1 heterocycles. The highest BCUT2D eigenvalue weighted by Gasteiger charge is 2.14. The Morgan fingerprint density at radius 2 is 2.14 bits per heavy atom. The van der Waals surface area contributed by atoms with Crippen molar-refractivity contribution in [2.24, 2.45) is 5.92 Å². The summed E-state index contributed by atoms with van der Waals surface area (Å²) in [6, 6.07) is 6.17.